The standard InChI is InChI=1S/C17H20F3I2N2O2/c18-17(19,20)13-3-1-12(2-4-13)15-10-24(7-8-25-15)22-16-6-5-14(26-16)9-23(21)11-16/h1-4,14-15H,5-11H2/q-1. The van der Waals surface area contributed by atoms with Crippen LogP contribution in [0.4, 0.5) is 13.2 Å². The van der Waals surface area contributed by atoms with E-state index in [0.29, 0.717) is 12.7 Å². The molecule has 0 saturated carbocycles. The molecule has 3 aliphatic heterocycles. The molecule has 2 bridgehead atoms. The van der Waals surface area contributed by atoms with Crippen LogP contribution in [0.1, 0.15) is 30.1 Å². The maximum absolute atomic E-state index is 12.7. The summed E-state index contributed by atoms with van der Waals surface area (Å²) in [5, 5.41) is 0. The van der Waals surface area contributed by atoms with Gasteiger partial charge in [-0.05, 0) is 0 Å². The summed E-state index contributed by atoms with van der Waals surface area (Å²) in [7, 11) is 0. The summed E-state index contributed by atoms with van der Waals surface area (Å²) >= 11 is 2.06. The monoisotopic (exact) mass is 595 g/mol. The van der Waals surface area contributed by atoms with Crippen molar-refractivity contribution in [1.29, 1.82) is 0 Å². The molecule has 0 aliphatic carbocycles. The number of rotatable bonds is 3. The minimum absolute atomic E-state index is 0.00891. The first kappa shape index (κ1) is 19.6. The van der Waals surface area contributed by atoms with Gasteiger partial charge in [-0.3, -0.25) is 0 Å². The fourth-order valence-electron chi connectivity index (χ4n) is 3.67. The van der Waals surface area contributed by atoms with E-state index in [4.69, 9.17) is 9.47 Å². The Morgan fingerprint density at radius 1 is 1.19 bits per heavy atom. The van der Waals surface area contributed by atoms with Crippen molar-refractivity contribution in [3.05, 3.63) is 35.4 Å². The van der Waals surface area contributed by atoms with Crippen LogP contribution in [0.3, 0.4) is 0 Å². The van der Waals surface area contributed by atoms with Crippen molar-refractivity contribution in [2.24, 2.45) is 0 Å². The molecule has 3 fully saturated rings. The first-order chi connectivity index (χ1) is 12.3. The number of hydrogen-bond donors (Lipinski definition) is 0. The second-order valence-electron chi connectivity index (χ2n) is 6.90. The van der Waals surface area contributed by atoms with Gasteiger partial charge in [0.2, 0.25) is 0 Å². The number of morpholine rings is 2. The third-order valence-electron chi connectivity index (χ3n) is 4.93. The zero-order valence-electron chi connectivity index (χ0n) is 14.0. The van der Waals surface area contributed by atoms with Crippen LogP contribution in [0.15, 0.2) is 24.3 Å². The molecular formula is C17H20F3I2N2O2-. The molecule has 26 heavy (non-hydrogen) atoms. The second kappa shape index (κ2) is 7.62. The molecule has 4 rings (SSSR count). The fourth-order valence-corrected chi connectivity index (χ4v) is 9.14. The van der Waals surface area contributed by atoms with E-state index in [9.17, 15) is 13.2 Å². The molecule has 1 aromatic carbocycles. The Morgan fingerprint density at radius 3 is 2.69 bits per heavy atom. The van der Waals surface area contributed by atoms with E-state index in [2.05, 4.69) is 29.1 Å². The third kappa shape index (κ3) is 4.32. The van der Waals surface area contributed by atoms with Gasteiger partial charge in [-0.2, -0.15) is 0 Å². The molecule has 0 spiro atoms. The molecule has 1 aromatic rings. The molecule has 146 valence electrons. The van der Waals surface area contributed by atoms with Crippen molar-refractivity contribution in [2.75, 3.05) is 32.8 Å². The summed E-state index contributed by atoms with van der Waals surface area (Å²) in [6.07, 6.45) is -1.87. The molecule has 9 heteroatoms. The molecule has 0 N–H and O–H groups in total. The fraction of sp³-hybridized carbons (Fsp3) is 0.647. The van der Waals surface area contributed by atoms with E-state index in [0.717, 1.165) is 56.7 Å². The number of alkyl halides is 4. The Bertz CT molecular complexity index is 646. The Labute approximate surface area is 175 Å². The number of halogens is 5. The Hall–Kier alpha value is 0.310. The zero-order valence-corrected chi connectivity index (χ0v) is 18.3. The van der Waals surface area contributed by atoms with E-state index < -0.39 is 11.7 Å². The van der Waals surface area contributed by atoms with Gasteiger partial charge in [0.15, 0.2) is 0 Å². The zero-order chi connectivity index (χ0) is 18.4. The summed E-state index contributed by atoms with van der Waals surface area (Å²) in [6.45, 7) is 4.19. The van der Waals surface area contributed by atoms with Crippen molar-refractivity contribution in [3.63, 3.8) is 0 Å². The van der Waals surface area contributed by atoms with Gasteiger partial charge in [0, 0.05) is 0 Å². The second-order valence-corrected chi connectivity index (χ2v) is 12.1. The molecule has 0 aromatic heterocycles. The number of fused-ring (bicyclic) bond motifs is 2. The molecule has 4 nitrogen and oxygen atoms in total. The van der Waals surface area contributed by atoms with E-state index >= 15 is 0 Å². The van der Waals surface area contributed by atoms with Crippen LogP contribution in [0.5, 0.6) is 0 Å². The van der Waals surface area contributed by atoms with E-state index in [1.54, 1.807) is 12.1 Å². The Balaban J connectivity index is 1.41. The van der Waals surface area contributed by atoms with E-state index in [1.807, 2.05) is 0 Å². The number of ether oxygens (including phenoxy) is 2. The van der Waals surface area contributed by atoms with Crippen molar-refractivity contribution >= 4 is 22.9 Å². The van der Waals surface area contributed by atoms with Gasteiger partial charge in [-0.25, -0.2) is 0 Å². The Kier molecular flexibility index (Phi) is 5.75. The van der Waals surface area contributed by atoms with E-state index in [-0.39, 0.29) is 31.2 Å². The van der Waals surface area contributed by atoms with Crippen LogP contribution in [0.2, 0.25) is 0 Å². The van der Waals surface area contributed by atoms with Crippen LogP contribution < -0.4 is 21.5 Å². The topological polar surface area (TPSA) is 24.9 Å². The molecule has 3 unspecified atom stereocenters. The summed E-state index contributed by atoms with van der Waals surface area (Å²) in [6, 6.07) is 5.38. The maximum atomic E-state index is 12.7. The predicted molar refractivity (Wildman–Crippen MR) is 94.1 cm³/mol. The van der Waals surface area contributed by atoms with Gasteiger partial charge in [-0.1, -0.05) is 0 Å². The van der Waals surface area contributed by atoms with Crippen LogP contribution in [0, 0.1) is 0 Å². The number of nitrogens with zero attached hydrogens (tertiary/aromatic N) is 2. The molecule has 3 heterocycles. The molecule has 0 radical (unpaired) electrons. The first-order valence-electron chi connectivity index (χ1n) is 8.61. The predicted octanol–water partition coefficient (Wildman–Crippen LogP) is 0.624. The average molecular weight is 595 g/mol. The molecule has 3 aliphatic rings. The minimum atomic E-state index is -4.30. The summed E-state index contributed by atoms with van der Waals surface area (Å²) in [5.41, 5.74) is 0.198. The normalized spacial score (nSPS) is 33.7. The van der Waals surface area contributed by atoms with Crippen LogP contribution in [-0.2, 0) is 15.7 Å². The van der Waals surface area contributed by atoms with E-state index in [1.165, 1.54) is 0 Å². The quantitative estimate of drug-likeness (QED) is 0.291. The van der Waals surface area contributed by atoms with Gasteiger partial charge in [0.1, 0.15) is 0 Å². The average Bonchev–Trinajstić information content (AvgIpc) is 2.89. The van der Waals surface area contributed by atoms with Gasteiger partial charge >= 0.3 is 176 Å². The van der Waals surface area contributed by atoms with Gasteiger partial charge in [0.05, 0.1) is 0 Å². The third-order valence-corrected chi connectivity index (χ3v) is 9.23. The van der Waals surface area contributed by atoms with Gasteiger partial charge in [-0.15, -0.1) is 0 Å². The summed E-state index contributed by atoms with van der Waals surface area (Å²) in [4.78, 5) is 0. The number of benzene rings is 1. The van der Waals surface area contributed by atoms with Crippen LogP contribution in [-0.4, -0.2) is 48.7 Å². The van der Waals surface area contributed by atoms with Crippen molar-refractivity contribution in [1.82, 2.24) is 6.23 Å². The van der Waals surface area contributed by atoms with Crippen molar-refractivity contribution < 1.29 is 44.1 Å². The molecule has 0 amide bonds. The summed E-state index contributed by atoms with van der Waals surface area (Å²) < 4.78 is 55.2. The molecular weight excluding hydrogens is 575 g/mol. The van der Waals surface area contributed by atoms with Gasteiger partial charge in [0.25, 0.3) is 0 Å². The van der Waals surface area contributed by atoms with Crippen LogP contribution in [0.25, 0.3) is 0 Å². The first-order valence-corrected chi connectivity index (χ1v) is 11.6. The summed E-state index contributed by atoms with van der Waals surface area (Å²) in [5.74, 6) is 0. The van der Waals surface area contributed by atoms with Crippen molar-refractivity contribution in [2.45, 2.75) is 34.8 Å². The van der Waals surface area contributed by atoms with Gasteiger partial charge < -0.3 is 0 Å². The molecule has 3 saturated heterocycles. The molecule has 3 atom stereocenters. The van der Waals surface area contributed by atoms with Crippen LogP contribution >= 0.6 is 22.9 Å². The Morgan fingerprint density at radius 2 is 1.96 bits per heavy atom. The SMILES string of the molecule is FC(F)(F)c1ccc(C2CN([I-]C34CCC(CN(I)C3)O4)CCO2)cc1. The number of hydrogen-bond acceptors (Lipinski definition) is 4. The van der Waals surface area contributed by atoms with Crippen molar-refractivity contribution in [3.8, 4) is 0 Å².